The van der Waals surface area contributed by atoms with Crippen molar-refractivity contribution in [2.24, 2.45) is 11.8 Å². The fourth-order valence-electron chi connectivity index (χ4n) is 2.73. The Balaban J connectivity index is 2.25. The molecule has 6 nitrogen and oxygen atoms in total. The number of thiophene rings is 1. The van der Waals surface area contributed by atoms with Crippen LogP contribution in [-0.4, -0.2) is 29.6 Å². The Morgan fingerprint density at radius 2 is 1.92 bits per heavy atom. The number of amides is 1. The number of carbonyl (C=O) groups excluding carboxylic acids is 2. The molecule has 0 unspecified atom stereocenters. The Hall–Kier alpha value is -2.15. The predicted molar refractivity (Wildman–Crippen MR) is 96.0 cm³/mol. The van der Waals surface area contributed by atoms with Crippen LogP contribution in [0.15, 0.2) is 18.2 Å². The highest BCUT2D eigenvalue weighted by Gasteiger charge is 2.34. The summed E-state index contributed by atoms with van der Waals surface area (Å²) in [4.78, 5) is 37.1. The Labute approximate surface area is 150 Å². The van der Waals surface area contributed by atoms with Crippen molar-refractivity contribution in [2.75, 3.05) is 11.9 Å². The number of nitrogens with one attached hydrogen (secondary N) is 1. The van der Waals surface area contributed by atoms with Crippen LogP contribution >= 0.6 is 11.3 Å². The van der Waals surface area contributed by atoms with E-state index in [1.807, 2.05) is 19.9 Å². The van der Waals surface area contributed by atoms with Crippen LogP contribution in [0.1, 0.15) is 54.8 Å². The summed E-state index contributed by atoms with van der Waals surface area (Å²) in [7, 11) is 0. The average Bonchev–Trinajstić information content (AvgIpc) is 2.99. The van der Waals surface area contributed by atoms with Crippen LogP contribution in [0.5, 0.6) is 0 Å². The highest BCUT2D eigenvalue weighted by molar-refractivity contribution is 7.16. The van der Waals surface area contributed by atoms with E-state index in [1.54, 1.807) is 19.1 Å². The van der Waals surface area contributed by atoms with E-state index in [4.69, 9.17) is 4.74 Å². The highest BCUT2D eigenvalue weighted by atomic mass is 32.1. The average molecular weight is 365 g/mol. The number of hydrogen-bond acceptors (Lipinski definition) is 5. The predicted octanol–water partition coefficient (Wildman–Crippen LogP) is 3.65. The van der Waals surface area contributed by atoms with Crippen molar-refractivity contribution in [1.29, 1.82) is 0 Å². The Bertz CT molecular complexity index is 692. The van der Waals surface area contributed by atoms with Gasteiger partial charge < -0.3 is 15.2 Å². The maximum atomic E-state index is 12.6. The molecule has 0 aromatic carbocycles. The monoisotopic (exact) mass is 365 g/mol. The first-order valence-electron chi connectivity index (χ1n) is 8.34. The molecule has 7 heteroatoms. The summed E-state index contributed by atoms with van der Waals surface area (Å²) in [5, 5.41) is 12.5. The Morgan fingerprint density at radius 1 is 1.28 bits per heavy atom. The molecule has 2 N–H and O–H groups in total. The second-order valence-corrected chi connectivity index (χ2v) is 7.33. The summed E-state index contributed by atoms with van der Waals surface area (Å²) in [6.45, 7) is 5.96. The zero-order valence-electron chi connectivity index (χ0n) is 14.6. The lowest BCUT2D eigenvalue weighted by molar-refractivity contribution is -0.146. The lowest BCUT2D eigenvalue weighted by atomic mass is 9.82. The molecule has 1 aliphatic rings. The minimum atomic E-state index is -0.982. The number of anilines is 1. The van der Waals surface area contributed by atoms with Crippen molar-refractivity contribution in [1.82, 2.24) is 0 Å². The zero-order valence-corrected chi connectivity index (χ0v) is 15.4. The van der Waals surface area contributed by atoms with Gasteiger partial charge in [0.15, 0.2) is 0 Å². The zero-order chi connectivity index (χ0) is 18.6. The van der Waals surface area contributed by atoms with Gasteiger partial charge in [-0.25, -0.2) is 4.79 Å². The van der Waals surface area contributed by atoms with Crippen LogP contribution in [0, 0.1) is 11.8 Å². The van der Waals surface area contributed by atoms with Crippen molar-refractivity contribution in [3.8, 4) is 0 Å². The van der Waals surface area contributed by atoms with E-state index >= 15 is 0 Å². The van der Waals surface area contributed by atoms with Gasteiger partial charge in [0, 0.05) is 4.88 Å². The SMILES string of the molecule is CCOC(=O)c1cc(C(C)C)sc1NC(=O)[C@H]1CC=CC[C@@H]1C(=O)O. The van der Waals surface area contributed by atoms with Crippen LogP contribution in [-0.2, 0) is 14.3 Å². The van der Waals surface area contributed by atoms with Gasteiger partial charge >= 0.3 is 11.9 Å². The smallest absolute Gasteiger partial charge is 0.341 e. The molecule has 1 aromatic rings. The number of carbonyl (C=O) groups is 3. The van der Waals surface area contributed by atoms with Gasteiger partial charge in [0.2, 0.25) is 5.91 Å². The molecule has 1 aliphatic carbocycles. The minimum absolute atomic E-state index is 0.202. The molecule has 0 bridgehead atoms. The van der Waals surface area contributed by atoms with E-state index in [9.17, 15) is 19.5 Å². The fraction of sp³-hybridized carbons (Fsp3) is 0.500. The van der Waals surface area contributed by atoms with Crippen molar-refractivity contribution in [2.45, 2.75) is 39.5 Å². The largest absolute Gasteiger partial charge is 0.481 e. The summed E-state index contributed by atoms with van der Waals surface area (Å²) >= 11 is 1.33. The molecular weight excluding hydrogens is 342 g/mol. The second kappa shape index (κ2) is 8.29. The van der Waals surface area contributed by atoms with E-state index in [-0.39, 0.29) is 18.4 Å². The molecule has 1 heterocycles. The number of aliphatic carboxylic acids is 1. The van der Waals surface area contributed by atoms with E-state index in [0.29, 0.717) is 23.4 Å². The molecule has 0 saturated heterocycles. The molecule has 0 spiro atoms. The molecule has 136 valence electrons. The first kappa shape index (κ1) is 19.2. The lowest BCUT2D eigenvalue weighted by Crippen LogP contribution is -2.34. The molecule has 25 heavy (non-hydrogen) atoms. The first-order chi connectivity index (χ1) is 11.8. The summed E-state index contributed by atoms with van der Waals surface area (Å²) in [5.41, 5.74) is 0.321. The standard InChI is InChI=1S/C18H23NO5S/c1-4-24-18(23)13-9-14(10(2)3)25-16(13)19-15(20)11-7-5-6-8-12(11)17(21)22/h5-6,9-12H,4,7-8H2,1-3H3,(H,19,20)(H,21,22)/t11-,12-/m0/s1. The van der Waals surface area contributed by atoms with E-state index in [0.717, 1.165) is 4.88 Å². The third-order valence-corrected chi connectivity index (χ3v) is 5.49. The Kier molecular flexibility index (Phi) is 6.36. The molecule has 0 aliphatic heterocycles. The van der Waals surface area contributed by atoms with Gasteiger partial charge in [-0.3, -0.25) is 9.59 Å². The highest BCUT2D eigenvalue weighted by Crippen LogP contribution is 2.35. The molecule has 2 atom stereocenters. The van der Waals surface area contributed by atoms with Crippen molar-refractivity contribution in [3.05, 3.63) is 28.7 Å². The number of hydrogen-bond donors (Lipinski definition) is 2. The number of rotatable bonds is 6. The number of esters is 1. The van der Waals surface area contributed by atoms with Crippen molar-refractivity contribution >= 4 is 34.2 Å². The molecular formula is C18H23NO5S. The minimum Gasteiger partial charge on any atom is -0.481 e. The summed E-state index contributed by atoms with van der Waals surface area (Å²) in [5.74, 6) is -3.04. The number of allylic oxidation sites excluding steroid dienone is 2. The summed E-state index contributed by atoms with van der Waals surface area (Å²) in [6.07, 6.45) is 4.32. The van der Waals surface area contributed by atoms with Crippen LogP contribution in [0.4, 0.5) is 5.00 Å². The van der Waals surface area contributed by atoms with Crippen molar-refractivity contribution < 1.29 is 24.2 Å². The molecule has 0 saturated carbocycles. The van der Waals surface area contributed by atoms with Gasteiger partial charge in [0.25, 0.3) is 0 Å². The first-order valence-corrected chi connectivity index (χ1v) is 9.16. The van der Waals surface area contributed by atoms with E-state index in [2.05, 4.69) is 5.32 Å². The van der Waals surface area contributed by atoms with Gasteiger partial charge in [0.1, 0.15) is 5.00 Å². The Morgan fingerprint density at radius 3 is 2.48 bits per heavy atom. The fourth-order valence-corrected chi connectivity index (χ4v) is 3.78. The maximum Gasteiger partial charge on any atom is 0.341 e. The third kappa shape index (κ3) is 4.48. The van der Waals surface area contributed by atoms with Crippen LogP contribution in [0.2, 0.25) is 0 Å². The van der Waals surface area contributed by atoms with Gasteiger partial charge in [-0.15, -0.1) is 11.3 Å². The topological polar surface area (TPSA) is 92.7 Å². The number of ether oxygens (including phenoxy) is 1. The number of carboxylic acid groups (broad SMARTS) is 1. The molecule has 1 aromatic heterocycles. The summed E-state index contributed by atoms with van der Waals surface area (Å²) in [6, 6.07) is 1.73. The molecule has 1 amide bonds. The van der Waals surface area contributed by atoms with Crippen LogP contribution in [0.25, 0.3) is 0 Å². The van der Waals surface area contributed by atoms with Crippen molar-refractivity contribution in [3.63, 3.8) is 0 Å². The quantitative estimate of drug-likeness (QED) is 0.593. The van der Waals surface area contributed by atoms with Gasteiger partial charge in [0.05, 0.1) is 24.0 Å². The molecule has 0 fully saturated rings. The summed E-state index contributed by atoms with van der Waals surface area (Å²) < 4.78 is 5.06. The van der Waals surface area contributed by atoms with E-state index in [1.165, 1.54) is 11.3 Å². The van der Waals surface area contributed by atoms with Crippen LogP contribution < -0.4 is 5.32 Å². The lowest BCUT2D eigenvalue weighted by Gasteiger charge is -2.24. The van der Waals surface area contributed by atoms with Gasteiger partial charge in [-0.2, -0.15) is 0 Å². The molecule has 2 rings (SSSR count). The van der Waals surface area contributed by atoms with Gasteiger partial charge in [-0.05, 0) is 31.7 Å². The second-order valence-electron chi connectivity index (χ2n) is 6.25. The maximum absolute atomic E-state index is 12.6. The molecule has 0 radical (unpaired) electrons. The number of carboxylic acids is 1. The normalized spacial score (nSPS) is 19.7. The van der Waals surface area contributed by atoms with Gasteiger partial charge in [-0.1, -0.05) is 26.0 Å². The van der Waals surface area contributed by atoms with Crippen LogP contribution in [0.3, 0.4) is 0 Å². The van der Waals surface area contributed by atoms with E-state index < -0.39 is 23.8 Å². The third-order valence-electron chi connectivity index (χ3n) is 4.14.